The van der Waals surface area contributed by atoms with Crippen molar-refractivity contribution in [1.82, 2.24) is 5.32 Å². The summed E-state index contributed by atoms with van der Waals surface area (Å²) in [7, 11) is 1.85. The van der Waals surface area contributed by atoms with Crippen molar-refractivity contribution in [2.24, 2.45) is 5.92 Å². The van der Waals surface area contributed by atoms with Crippen molar-refractivity contribution < 1.29 is 9.47 Å². The molecule has 1 fully saturated rings. The quantitative estimate of drug-likeness (QED) is 0.833. The summed E-state index contributed by atoms with van der Waals surface area (Å²) in [5.41, 5.74) is 2.65. The fourth-order valence-electron chi connectivity index (χ4n) is 3.39. The maximum Gasteiger partial charge on any atom is 0.127 e. The molecule has 0 amide bonds. The van der Waals surface area contributed by atoms with E-state index in [1.165, 1.54) is 24.0 Å². The molecule has 3 heteroatoms. The van der Waals surface area contributed by atoms with Gasteiger partial charge in [-0.15, -0.1) is 0 Å². The first-order chi connectivity index (χ1) is 10.3. The van der Waals surface area contributed by atoms with Crippen LogP contribution in [-0.4, -0.2) is 26.4 Å². The van der Waals surface area contributed by atoms with Crippen LogP contribution >= 0.6 is 0 Å². The van der Waals surface area contributed by atoms with Gasteiger partial charge in [0.2, 0.25) is 0 Å². The third kappa shape index (κ3) is 3.24. The molecule has 2 atom stereocenters. The second-order valence-electron chi connectivity index (χ2n) is 6.26. The van der Waals surface area contributed by atoms with Gasteiger partial charge >= 0.3 is 0 Å². The molecule has 1 heterocycles. The van der Waals surface area contributed by atoms with Gasteiger partial charge in [-0.05, 0) is 50.1 Å². The summed E-state index contributed by atoms with van der Waals surface area (Å²) in [4.78, 5) is 0. The van der Waals surface area contributed by atoms with E-state index in [2.05, 4.69) is 30.4 Å². The summed E-state index contributed by atoms with van der Waals surface area (Å²) >= 11 is 0. The Bertz CT molecular complexity index is 470. The zero-order chi connectivity index (χ0) is 14.7. The molecule has 0 bridgehead atoms. The summed E-state index contributed by atoms with van der Waals surface area (Å²) < 4.78 is 11.9. The van der Waals surface area contributed by atoms with Crippen LogP contribution < -0.4 is 10.1 Å². The Morgan fingerprint density at radius 3 is 2.95 bits per heavy atom. The summed E-state index contributed by atoms with van der Waals surface area (Å²) in [6.07, 6.45) is 6.23. The average molecular weight is 289 g/mol. The third-order valence-corrected chi connectivity index (χ3v) is 4.60. The van der Waals surface area contributed by atoms with Crippen LogP contribution in [0.25, 0.3) is 0 Å². The number of para-hydroxylation sites is 1. The van der Waals surface area contributed by atoms with Gasteiger partial charge < -0.3 is 14.8 Å². The molecule has 1 aliphatic carbocycles. The second-order valence-corrected chi connectivity index (χ2v) is 6.26. The number of benzene rings is 1. The Kier molecular flexibility index (Phi) is 4.81. The van der Waals surface area contributed by atoms with E-state index < -0.39 is 0 Å². The number of hydrogen-bond acceptors (Lipinski definition) is 3. The number of rotatable bonds is 7. The molecule has 2 aliphatic rings. The molecule has 2 unspecified atom stereocenters. The van der Waals surface area contributed by atoms with E-state index in [-0.39, 0.29) is 12.1 Å². The fourth-order valence-corrected chi connectivity index (χ4v) is 3.39. The van der Waals surface area contributed by atoms with Gasteiger partial charge in [-0.25, -0.2) is 0 Å². The molecule has 1 aliphatic heterocycles. The first-order valence-electron chi connectivity index (χ1n) is 8.36. The summed E-state index contributed by atoms with van der Waals surface area (Å²) in [5, 5.41) is 3.70. The van der Waals surface area contributed by atoms with Crippen molar-refractivity contribution >= 4 is 0 Å². The van der Waals surface area contributed by atoms with Crippen LogP contribution in [0.4, 0.5) is 0 Å². The first kappa shape index (κ1) is 14.9. The van der Waals surface area contributed by atoms with E-state index in [0.717, 1.165) is 38.2 Å². The van der Waals surface area contributed by atoms with Gasteiger partial charge in [0.15, 0.2) is 0 Å². The van der Waals surface area contributed by atoms with Gasteiger partial charge in [0.25, 0.3) is 0 Å². The van der Waals surface area contributed by atoms with Crippen molar-refractivity contribution in [3.8, 4) is 5.75 Å². The van der Waals surface area contributed by atoms with Crippen LogP contribution in [0.2, 0.25) is 0 Å². The van der Waals surface area contributed by atoms with Crippen molar-refractivity contribution in [3.63, 3.8) is 0 Å². The van der Waals surface area contributed by atoms with Gasteiger partial charge in [0.05, 0.1) is 18.8 Å². The van der Waals surface area contributed by atoms with E-state index in [0.29, 0.717) is 5.92 Å². The van der Waals surface area contributed by atoms with E-state index in [9.17, 15) is 0 Å². The highest BCUT2D eigenvalue weighted by Gasteiger charge is 2.38. The Balaban J connectivity index is 1.91. The molecule has 0 aromatic heterocycles. The van der Waals surface area contributed by atoms with E-state index in [1.54, 1.807) is 0 Å². The van der Waals surface area contributed by atoms with E-state index in [4.69, 9.17) is 9.47 Å². The summed E-state index contributed by atoms with van der Waals surface area (Å²) in [6.45, 7) is 4.06. The van der Waals surface area contributed by atoms with E-state index >= 15 is 0 Å². The number of nitrogens with one attached hydrogen (secondary N) is 1. The fraction of sp³-hybridized carbons (Fsp3) is 0.667. The van der Waals surface area contributed by atoms with E-state index in [1.807, 2.05) is 7.11 Å². The largest absolute Gasteiger partial charge is 0.493 e. The number of hydrogen-bond donors (Lipinski definition) is 1. The topological polar surface area (TPSA) is 30.5 Å². The van der Waals surface area contributed by atoms with Crippen LogP contribution in [0.5, 0.6) is 5.75 Å². The minimum atomic E-state index is 0.246. The number of methoxy groups -OCH3 is 1. The Hall–Kier alpha value is -1.06. The molecule has 1 aromatic carbocycles. The lowest BCUT2D eigenvalue weighted by molar-refractivity contribution is 0.0495. The number of fused-ring (bicyclic) bond motifs is 1. The highest BCUT2D eigenvalue weighted by atomic mass is 16.5. The maximum absolute atomic E-state index is 6.01. The van der Waals surface area contributed by atoms with Crippen molar-refractivity contribution in [2.45, 2.75) is 51.2 Å². The molecular formula is C18H27NO2. The Labute approximate surface area is 128 Å². The lowest BCUT2D eigenvalue weighted by Crippen LogP contribution is -2.36. The van der Waals surface area contributed by atoms with Crippen LogP contribution in [0.15, 0.2) is 18.2 Å². The highest BCUT2D eigenvalue weighted by Crippen LogP contribution is 2.43. The molecular weight excluding hydrogens is 262 g/mol. The minimum absolute atomic E-state index is 0.246. The SMILES string of the molecule is CCCNC(c1cccc2c1OCCC2)C(OC)C1CC1. The molecule has 0 spiro atoms. The van der Waals surface area contributed by atoms with Crippen LogP contribution in [0.3, 0.4) is 0 Å². The third-order valence-electron chi connectivity index (χ3n) is 4.60. The molecule has 1 N–H and O–H groups in total. The summed E-state index contributed by atoms with van der Waals surface area (Å²) in [5.74, 6) is 1.81. The highest BCUT2D eigenvalue weighted by molar-refractivity contribution is 5.45. The molecule has 3 nitrogen and oxygen atoms in total. The van der Waals surface area contributed by atoms with Crippen molar-refractivity contribution in [2.75, 3.05) is 20.3 Å². The van der Waals surface area contributed by atoms with Crippen molar-refractivity contribution in [3.05, 3.63) is 29.3 Å². The van der Waals surface area contributed by atoms with Crippen molar-refractivity contribution in [1.29, 1.82) is 0 Å². The molecule has 1 aromatic rings. The van der Waals surface area contributed by atoms with Crippen LogP contribution in [0, 0.1) is 5.92 Å². The Morgan fingerprint density at radius 2 is 2.24 bits per heavy atom. The standard InChI is InChI=1S/C18H27NO2/c1-3-11-19-16(18(20-2)14-9-10-14)15-8-4-6-13-7-5-12-21-17(13)15/h4,6,8,14,16,18-19H,3,5,7,9-12H2,1-2H3. The summed E-state index contributed by atoms with van der Waals surface area (Å²) in [6, 6.07) is 6.83. The molecule has 0 radical (unpaired) electrons. The first-order valence-corrected chi connectivity index (χ1v) is 8.36. The maximum atomic E-state index is 6.01. The molecule has 1 saturated carbocycles. The Morgan fingerprint density at radius 1 is 1.38 bits per heavy atom. The number of aryl methyl sites for hydroxylation is 1. The predicted octanol–water partition coefficient (Wildman–Crippen LogP) is 3.48. The molecule has 0 saturated heterocycles. The second kappa shape index (κ2) is 6.80. The number of ether oxygens (including phenoxy) is 2. The van der Waals surface area contributed by atoms with Gasteiger partial charge in [0.1, 0.15) is 5.75 Å². The van der Waals surface area contributed by atoms with Gasteiger partial charge in [0, 0.05) is 12.7 Å². The van der Waals surface area contributed by atoms with Gasteiger partial charge in [-0.2, -0.15) is 0 Å². The molecule has 3 rings (SSSR count). The monoisotopic (exact) mass is 289 g/mol. The average Bonchev–Trinajstić information content (AvgIpc) is 3.36. The smallest absolute Gasteiger partial charge is 0.127 e. The zero-order valence-corrected chi connectivity index (χ0v) is 13.2. The normalized spacial score (nSPS) is 20.5. The minimum Gasteiger partial charge on any atom is -0.493 e. The lowest BCUT2D eigenvalue weighted by atomic mass is 9.93. The van der Waals surface area contributed by atoms with Crippen LogP contribution in [-0.2, 0) is 11.2 Å². The molecule has 21 heavy (non-hydrogen) atoms. The van der Waals surface area contributed by atoms with Gasteiger partial charge in [-0.1, -0.05) is 25.1 Å². The van der Waals surface area contributed by atoms with Crippen LogP contribution in [0.1, 0.15) is 49.8 Å². The molecule has 116 valence electrons. The zero-order valence-electron chi connectivity index (χ0n) is 13.2. The van der Waals surface area contributed by atoms with Gasteiger partial charge in [-0.3, -0.25) is 0 Å². The predicted molar refractivity (Wildman–Crippen MR) is 84.8 cm³/mol. The lowest BCUT2D eigenvalue weighted by Gasteiger charge is -2.31.